The molecular weight excluding hydrogens is 807 g/mol. The van der Waals surface area contributed by atoms with E-state index in [-0.39, 0.29) is 18.4 Å². The zero-order valence-corrected chi connectivity index (χ0v) is 35.1. The van der Waals surface area contributed by atoms with E-state index in [1.807, 2.05) is 36.4 Å². The van der Waals surface area contributed by atoms with Crippen LogP contribution in [-0.4, -0.2) is 93.9 Å². The average Bonchev–Trinajstić information content (AvgIpc) is 3.89. The van der Waals surface area contributed by atoms with Crippen molar-refractivity contribution in [3.63, 3.8) is 0 Å². The topological polar surface area (TPSA) is 186 Å². The molecule has 6 N–H and O–H groups in total. The number of carbonyl (C=O) groups excluding carboxylic acids is 2. The fourth-order valence-electron chi connectivity index (χ4n) is 8.61. The number of ether oxygens (including phenoxy) is 1. The number of H-pyrrole nitrogens is 1. The molecule has 8 rings (SSSR count). The summed E-state index contributed by atoms with van der Waals surface area (Å²) in [5, 5.41) is 16.6. The molecule has 15 nitrogen and oxygen atoms in total. The third-order valence-corrected chi connectivity index (χ3v) is 12.8. The van der Waals surface area contributed by atoms with Gasteiger partial charge in [-0.3, -0.25) is 19.2 Å². The maximum Gasteiger partial charge on any atom is 0.234 e. The van der Waals surface area contributed by atoms with Crippen molar-refractivity contribution in [3.8, 4) is 5.75 Å². The fraction of sp³-hybridized carbons (Fsp3) is 0.395. The predicted octanol–water partition coefficient (Wildman–Crippen LogP) is 5.27. The normalized spacial score (nSPS) is 17.2. The number of amides is 2. The van der Waals surface area contributed by atoms with Crippen LogP contribution < -0.4 is 40.5 Å². The number of nitrogens with one attached hydrogen (secondary N) is 6. The molecule has 322 valence electrons. The highest BCUT2D eigenvalue weighted by Crippen LogP contribution is 2.40. The number of imide groups is 1. The van der Waals surface area contributed by atoms with Gasteiger partial charge in [-0.25, -0.2) is 17.2 Å². The number of benzene rings is 3. The lowest BCUT2D eigenvalue weighted by Gasteiger charge is -2.35. The van der Waals surface area contributed by atoms with Crippen LogP contribution in [0.3, 0.4) is 0 Å². The summed E-state index contributed by atoms with van der Waals surface area (Å²) in [6.07, 6.45) is 6.10. The number of sulfonamides is 1. The van der Waals surface area contributed by atoms with Crippen molar-refractivity contribution in [2.45, 2.75) is 57.4 Å². The number of aromatic amines is 1. The van der Waals surface area contributed by atoms with Crippen molar-refractivity contribution in [3.05, 3.63) is 88.6 Å². The highest BCUT2D eigenvalue weighted by atomic mass is 32.2. The van der Waals surface area contributed by atoms with Gasteiger partial charge in [0.25, 0.3) is 0 Å². The Kier molecular flexibility index (Phi) is 12.1. The summed E-state index contributed by atoms with van der Waals surface area (Å²) in [5.41, 5.74) is 5.89. The molecule has 5 heterocycles. The number of nitrogens with zero attached hydrogens (tertiary/aromatic N) is 4. The monoisotopic (exact) mass is 856 g/mol. The number of rotatable bonds is 15. The predicted molar refractivity (Wildman–Crippen MR) is 232 cm³/mol. The molecule has 0 radical (unpaired) electrons. The van der Waals surface area contributed by atoms with Crippen LogP contribution >= 0.6 is 0 Å². The van der Waals surface area contributed by atoms with Crippen molar-refractivity contribution < 1.29 is 31.5 Å². The smallest absolute Gasteiger partial charge is 0.234 e. The van der Waals surface area contributed by atoms with E-state index in [4.69, 9.17) is 14.7 Å². The Morgan fingerprint density at radius 1 is 0.918 bits per heavy atom. The van der Waals surface area contributed by atoms with Gasteiger partial charge >= 0.3 is 0 Å². The lowest BCUT2D eigenvalue weighted by molar-refractivity contribution is -0.134. The summed E-state index contributed by atoms with van der Waals surface area (Å²) < 4.78 is 62.3. The summed E-state index contributed by atoms with van der Waals surface area (Å²) in [7, 11) is -1.84. The average molecular weight is 857 g/mol. The van der Waals surface area contributed by atoms with Crippen LogP contribution in [0.5, 0.6) is 5.75 Å². The van der Waals surface area contributed by atoms with E-state index >= 15 is 0 Å². The van der Waals surface area contributed by atoms with Crippen LogP contribution in [0, 0.1) is 18.6 Å². The Morgan fingerprint density at radius 2 is 1.70 bits per heavy atom. The zero-order valence-electron chi connectivity index (χ0n) is 34.3. The number of anilines is 6. The number of carbonyl (C=O) groups is 2. The molecule has 2 aromatic heterocycles. The summed E-state index contributed by atoms with van der Waals surface area (Å²) in [4.78, 5) is 38.7. The number of para-hydroxylation sites is 1. The van der Waals surface area contributed by atoms with Crippen molar-refractivity contribution >= 4 is 67.4 Å². The molecule has 2 amide bonds. The number of hydrogen-bond acceptors (Lipinski definition) is 12. The molecule has 3 aliphatic heterocycles. The summed E-state index contributed by atoms with van der Waals surface area (Å²) in [6.45, 7) is 6.14. The highest BCUT2D eigenvalue weighted by molar-refractivity contribution is 7.92. The van der Waals surface area contributed by atoms with E-state index in [1.165, 1.54) is 22.7 Å². The second-order valence-electron chi connectivity index (χ2n) is 15.8. The Bertz CT molecular complexity index is 2560. The number of aryl methyl sites for hydroxylation is 1. The third-order valence-electron chi connectivity index (χ3n) is 11.7. The van der Waals surface area contributed by atoms with Gasteiger partial charge in [0, 0.05) is 68.7 Å². The zero-order chi connectivity index (χ0) is 42.8. The first-order chi connectivity index (χ1) is 29.4. The summed E-state index contributed by atoms with van der Waals surface area (Å²) in [6, 6.07) is 14.5. The highest BCUT2D eigenvalue weighted by Gasteiger charge is 2.33. The number of piperidine rings is 2. The maximum atomic E-state index is 14.9. The van der Waals surface area contributed by atoms with E-state index in [1.54, 1.807) is 13.3 Å². The molecule has 0 saturated carbocycles. The van der Waals surface area contributed by atoms with Crippen molar-refractivity contribution in [1.29, 1.82) is 0 Å². The van der Waals surface area contributed by atoms with Crippen molar-refractivity contribution in [1.82, 2.24) is 30.9 Å². The second-order valence-corrected chi connectivity index (χ2v) is 17.7. The minimum atomic E-state index is -3.47. The SMILES string of the molecule is COc1cc(N2CCC(NCCNCCc3cc(F)c(C4CCC(=O)NC4=O)c(F)c3)CC2)c(C)cc1Nc1nc(Nc2cccc3c2N(S(C)(=O)=O)CC3)c2cc[nH]c2n1. The molecule has 3 aliphatic rings. The van der Waals surface area contributed by atoms with Gasteiger partial charge in [0.15, 0.2) is 0 Å². The Balaban J connectivity index is 0.840. The summed E-state index contributed by atoms with van der Waals surface area (Å²) >= 11 is 0. The quantitative estimate of drug-likeness (QED) is 0.0593. The first-order valence-electron chi connectivity index (χ1n) is 20.5. The molecule has 5 aromatic rings. The van der Waals surface area contributed by atoms with Gasteiger partial charge in [-0.1, -0.05) is 12.1 Å². The van der Waals surface area contributed by atoms with Gasteiger partial charge in [0.1, 0.15) is 28.8 Å². The van der Waals surface area contributed by atoms with Gasteiger partial charge in [-0.15, -0.1) is 0 Å². The van der Waals surface area contributed by atoms with Gasteiger partial charge in [0.2, 0.25) is 27.8 Å². The fourth-order valence-corrected chi connectivity index (χ4v) is 9.58. The molecule has 2 saturated heterocycles. The van der Waals surface area contributed by atoms with Gasteiger partial charge in [-0.05, 0) is 92.6 Å². The summed E-state index contributed by atoms with van der Waals surface area (Å²) in [5.74, 6) is -2.14. The largest absolute Gasteiger partial charge is 0.494 e. The maximum absolute atomic E-state index is 14.9. The van der Waals surface area contributed by atoms with Crippen LogP contribution in [0.2, 0.25) is 0 Å². The lowest BCUT2D eigenvalue weighted by atomic mass is 9.89. The minimum absolute atomic E-state index is 0.0531. The molecule has 0 spiro atoms. The van der Waals surface area contributed by atoms with Gasteiger partial charge in [-0.2, -0.15) is 9.97 Å². The number of methoxy groups -OCH3 is 1. The van der Waals surface area contributed by atoms with Crippen molar-refractivity contribution in [2.75, 3.05) is 72.5 Å². The Labute approximate surface area is 353 Å². The Morgan fingerprint density at radius 3 is 2.44 bits per heavy atom. The van der Waals surface area contributed by atoms with E-state index < -0.39 is 39.4 Å². The minimum Gasteiger partial charge on any atom is -0.494 e. The Hall–Kier alpha value is -5.85. The molecule has 1 unspecified atom stereocenters. The molecule has 61 heavy (non-hydrogen) atoms. The van der Waals surface area contributed by atoms with Crippen LogP contribution in [0.25, 0.3) is 11.0 Å². The first-order valence-corrected chi connectivity index (χ1v) is 22.4. The molecule has 18 heteroatoms. The molecule has 1 atom stereocenters. The third kappa shape index (κ3) is 9.11. The van der Waals surface area contributed by atoms with E-state index in [9.17, 15) is 26.8 Å². The van der Waals surface area contributed by atoms with Crippen LogP contribution in [-0.2, 0) is 32.5 Å². The van der Waals surface area contributed by atoms with Crippen LogP contribution in [0.1, 0.15) is 53.9 Å². The van der Waals surface area contributed by atoms with E-state index in [0.717, 1.165) is 54.7 Å². The number of aromatic nitrogens is 3. The number of halogens is 2. The van der Waals surface area contributed by atoms with Crippen LogP contribution in [0.4, 0.5) is 43.3 Å². The van der Waals surface area contributed by atoms with E-state index in [2.05, 4.69) is 43.4 Å². The molecule has 0 bridgehead atoms. The lowest BCUT2D eigenvalue weighted by Crippen LogP contribution is -2.44. The number of hydrogen-bond donors (Lipinski definition) is 6. The van der Waals surface area contributed by atoms with Crippen molar-refractivity contribution in [2.24, 2.45) is 0 Å². The molecular formula is C43H50F2N10O5S. The second kappa shape index (κ2) is 17.6. The van der Waals surface area contributed by atoms with Crippen LogP contribution in [0.15, 0.2) is 54.7 Å². The van der Waals surface area contributed by atoms with Gasteiger partial charge in [0.05, 0.1) is 41.7 Å². The first kappa shape index (κ1) is 41.9. The van der Waals surface area contributed by atoms with E-state index in [0.29, 0.717) is 84.3 Å². The standard InChI is InChI=1S/C43H50F2N10O5S/c1-25-21-34(50-43-52-40-30(10-15-48-40)41(53-43)49-33-6-4-5-27-11-20-55(39(27)33)61(3,58)59)36(60-2)24-35(25)54-18-12-28(13-19-54)47-17-16-46-14-9-26-22-31(44)38(32(45)23-26)29-7-8-37(56)51-42(29)57/h4-6,10,15,21-24,28-29,46-47H,7-9,11-14,16-20H2,1-3H3,(H,51,56,57)(H3,48,49,50,52,53). The molecule has 3 aromatic carbocycles. The molecule has 2 fully saturated rings. The molecule has 0 aliphatic carbocycles. The number of fused-ring (bicyclic) bond motifs is 2. The van der Waals surface area contributed by atoms with Gasteiger partial charge < -0.3 is 35.9 Å².